The summed E-state index contributed by atoms with van der Waals surface area (Å²) in [7, 11) is 0. The monoisotopic (exact) mass is 304 g/mol. The molecule has 20 heavy (non-hydrogen) atoms. The summed E-state index contributed by atoms with van der Waals surface area (Å²) in [6.07, 6.45) is 5.06. The zero-order valence-corrected chi connectivity index (χ0v) is 12.1. The molecule has 7 heteroatoms. The van der Waals surface area contributed by atoms with Crippen molar-refractivity contribution in [3.63, 3.8) is 0 Å². The van der Waals surface area contributed by atoms with E-state index >= 15 is 0 Å². The van der Waals surface area contributed by atoms with Gasteiger partial charge in [-0.05, 0) is 12.1 Å². The first-order chi connectivity index (χ1) is 9.78. The second-order valence-electron chi connectivity index (χ2n) is 3.63. The van der Waals surface area contributed by atoms with Crippen LogP contribution in [0.2, 0.25) is 0 Å². The van der Waals surface area contributed by atoms with Crippen molar-refractivity contribution < 1.29 is 4.79 Å². The van der Waals surface area contributed by atoms with Crippen molar-refractivity contribution in [1.29, 1.82) is 0 Å². The molecule has 0 unspecified atom stereocenters. The Morgan fingerprint density at radius 2 is 2.15 bits per heavy atom. The maximum atomic E-state index is 11.4. The number of rotatable bonds is 6. The highest BCUT2D eigenvalue weighted by molar-refractivity contribution is 8.01. The van der Waals surface area contributed by atoms with Crippen LogP contribution in [0.5, 0.6) is 0 Å². The molecule has 0 saturated carbocycles. The molecule has 1 heterocycles. The highest BCUT2D eigenvalue weighted by Crippen LogP contribution is 2.27. The van der Waals surface area contributed by atoms with Crippen molar-refractivity contribution in [2.45, 2.75) is 4.34 Å². The second kappa shape index (κ2) is 7.53. The van der Waals surface area contributed by atoms with Gasteiger partial charge in [-0.2, -0.15) is 0 Å². The molecule has 102 valence electrons. The number of benzene rings is 1. The zero-order chi connectivity index (χ0) is 14.2. The lowest BCUT2D eigenvalue weighted by Crippen LogP contribution is -2.25. The number of nitrogens with one attached hydrogen (secondary N) is 2. The SMILES string of the molecule is C#CCNC(=O)CSc1nnc(Nc2ccccc2)s1. The Balaban J connectivity index is 1.83. The Morgan fingerprint density at radius 1 is 1.35 bits per heavy atom. The summed E-state index contributed by atoms with van der Waals surface area (Å²) in [5.41, 5.74) is 0.951. The van der Waals surface area contributed by atoms with Crippen LogP contribution < -0.4 is 10.6 Å². The van der Waals surface area contributed by atoms with Gasteiger partial charge >= 0.3 is 0 Å². The third kappa shape index (κ3) is 4.57. The van der Waals surface area contributed by atoms with Crippen molar-refractivity contribution >= 4 is 39.8 Å². The summed E-state index contributed by atoms with van der Waals surface area (Å²) in [6.45, 7) is 0.246. The quantitative estimate of drug-likeness (QED) is 0.632. The zero-order valence-electron chi connectivity index (χ0n) is 10.5. The number of carbonyl (C=O) groups excluding carboxylic acids is 1. The van der Waals surface area contributed by atoms with Crippen LogP contribution in [-0.4, -0.2) is 28.4 Å². The molecule has 5 nitrogen and oxygen atoms in total. The van der Waals surface area contributed by atoms with Crippen molar-refractivity contribution in [3.8, 4) is 12.3 Å². The molecule has 0 spiro atoms. The van der Waals surface area contributed by atoms with E-state index < -0.39 is 0 Å². The minimum atomic E-state index is -0.110. The number of amides is 1. The molecule has 0 aliphatic heterocycles. The second-order valence-corrected chi connectivity index (χ2v) is 5.83. The molecule has 0 fully saturated rings. The van der Waals surface area contributed by atoms with Gasteiger partial charge in [0.25, 0.3) is 0 Å². The Hall–Kier alpha value is -2.04. The Bertz CT molecular complexity index is 606. The van der Waals surface area contributed by atoms with E-state index in [1.54, 1.807) is 0 Å². The number of thioether (sulfide) groups is 1. The van der Waals surface area contributed by atoms with Crippen LogP contribution in [0.1, 0.15) is 0 Å². The molecule has 0 aliphatic carbocycles. The van der Waals surface area contributed by atoms with Gasteiger partial charge in [-0.25, -0.2) is 0 Å². The molecule has 1 aromatic carbocycles. The molecule has 1 aromatic heterocycles. The molecule has 2 aromatic rings. The first-order valence-corrected chi connectivity index (χ1v) is 7.56. The van der Waals surface area contributed by atoms with Gasteiger partial charge < -0.3 is 10.6 Å². The highest BCUT2D eigenvalue weighted by atomic mass is 32.2. The minimum absolute atomic E-state index is 0.110. The molecular weight excluding hydrogens is 292 g/mol. The molecule has 0 aliphatic rings. The van der Waals surface area contributed by atoms with Crippen LogP contribution in [0.3, 0.4) is 0 Å². The van der Waals surface area contributed by atoms with Gasteiger partial charge in [0.2, 0.25) is 11.0 Å². The van der Waals surface area contributed by atoms with E-state index in [0.717, 1.165) is 10.0 Å². The average molecular weight is 304 g/mol. The third-order valence-electron chi connectivity index (χ3n) is 2.15. The Kier molecular flexibility index (Phi) is 5.41. The van der Waals surface area contributed by atoms with Gasteiger partial charge in [0.15, 0.2) is 4.34 Å². The molecule has 0 bridgehead atoms. The smallest absolute Gasteiger partial charge is 0.231 e. The number of hydrogen-bond acceptors (Lipinski definition) is 6. The molecule has 0 saturated heterocycles. The van der Waals surface area contributed by atoms with Crippen LogP contribution in [0, 0.1) is 12.3 Å². The van der Waals surface area contributed by atoms with E-state index in [1.807, 2.05) is 30.3 Å². The van der Waals surface area contributed by atoms with Gasteiger partial charge in [-0.15, -0.1) is 16.6 Å². The van der Waals surface area contributed by atoms with E-state index in [4.69, 9.17) is 6.42 Å². The highest BCUT2D eigenvalue weighted by Gasteiger charge is 2.07. The van der Waals surface area contributed by atoms with E-state index in [-0.39, 0.29) is 18.2 Å². The summed E-state index contributed by atoms with van der Waals surface area (Å²) < 4.78 is 0.735. The van der Waals surface area contributed by atoms with Gasteiger partial charge in [0.05, 0.1) is 12.3 Å². The van der Waals surface area contributed by atoms with E-state index in [9.17, 15) is 4.79 Å². The molecule has 0 atom stereocenters. The first kappa shape index (κ1) is 14.4. The summed E-state index contributed by atoms with van der Waals surface area (Å²) in [4.78, 5) is 11.4. The van der Waals surface area contributed by atoms with Crippen LogP contribution in [0.15, 0.2) is 34.7 Å². The fraction of sp³-hybridized carbons (Fsp3) is 0.154. The molecular formula is C13H12N4OS2. The van der Waals surface area contributed by atoms with Crippen LogP contribution >= 0.6 is 23.1 Å². The van der Waals surface area contributed by atoms with Crippen LogP contribution in [0.4, 0.5) is 10.8 Å². The lowest BCUT2D eigenvalue weighted by molar-refractivity contribution is -0.118. The Morgan fingerprint density at radius 3 is 2.90 bits per heavy atom. The standard InChI is InChI=1S/C13H12N4OS2/c1-2-8-14-11(18)9-19-13-17-16-12(20-13)15-10-6-4-3-5-7-10/h1,3-7H,8-9H2,(H,14,18)(H,15,16). The lowest BCUT2D eigenvalue weighted by Gasteiger charge is -1.99. The number of aromatic nitrogens is 2. The summed E-state index contributed by atoms with van der Waals surface area (Å²) in [6, 6.07) is 9.72. The fourth-order valence-corrected chi connectivity index (χ4v) is 2.89. The number of anilines is 2. The molecule has 2 rings (SSSR count). The number of nitrogens with zero attached hydrogens (tertiary/aromatic N) is 2. The summed E-state index contributed by atoms with van der Waals surface area (Å²) in [5, 5.41) is 14.5. The van der Waals surface area contributed by atoms with Gasteiger partial charge in [-0.3, -0.25) is 4.79 Å². The maximum Gasteiger partial charge on any atom is 0.231 e. The maximum absolute atomic E-state index is 11.4. The van der Waals surface area contributed by atoms with Crippen LogP contribution in [0.25, 0.3) is 0 Å². The number of hydrogen-bond donors (Lipinski definition) is 2. The first-order valence-electron chi connectivity index (χ1n) is 5.76. The van der Waals surface area contributed by atoms with Crippen molar-refractivity contribution in [2.75, 3.05) is 17.6 Å². The topological polar surface area (TPSA) is 66.9 Å². The van der Waals surface area contributed by atoms with Crippen molar-refractivity contribution in [3.05, 3.63) is 30.3 Å². The minimum Gasteiger partial charge on any atom is -0.344 e. The summed E-state index contributed by atoms with van der Waals surface area (Å²) >= 11 is 2.74. The van der Waals surface area contributed by atoms with Gasteiger partial charge in [0, 0.05) is 5.69 Å². The van der Waals surface area contributed by atoms with E-state index in [1.165, 1.54) is 23.1 Å². The van der Waals surface area contributed by atoms with E-state index in [0.29, 0.717) is 5.13 Å². The third-order valence-corrected chi connectivity index (χ3v) is 4.12. The largest absolute Gasteiger partial charge is 0.344 e. The predicted molar refractivity (Wildman–Crippen MR) is 82.2 cm³/mol. The Labute approximate surface area is 125 Å². The lowest BCUT2D eigenvalue weighted by atomic mass is 10.3. The van der Waals surface area contributed by atoms with Crippen molar-refractivity contribution in [1.82, 2.24) is 15.5 Å². The van der Waals surface area contributed by atoms with Gasteiger partial charge in [0.1, 0.15) is 0 Å². The molecule has 1 amide bonds. The number of carbonyl (C=O) groups is 1. The average Bonchev–Trinajstić information content (AvgIpc) is 2.91. The number of para-hydroxylation sites is 1. The fourth-order valence-electron chi connectivity index (χ4n) is 1.29. The van der Waals surface area contributed by atoms with E-state index in [2.05, 4.69) is 26.8 Å². The summed E-state index contributed by atoms with van der Waals surface area (Å²) in [5.74, 6) is 2.52. The predicted octanol–water partition coefficient (Wildman–Crippen LogP) is 2.12. The molecule has 2 N–H and O–H groups in total. The number of terminal acetylenes is 1. The molecule has 0 radical (unpaired) electrons. The normalized spacial score (nSPS) is 9.75. The van der Waals surface area contributed by atoms with Crippen LogP contribution in [-0.2, 0) is 4.79 Å². The van der Waals surface area contributed by atoms with Gasteiger partial charge in [-0.1, -0.05) is 47.2 Å². The van der Waals surface area contributed by atoms with Crippen molar-refractivity contribution in [2.24, 2.45) is 0 Å².